The number of carbonyl (C=O) groups excluding carboxylic acids is 1. The normalized spacial score (nSPS) is 13.2. The maximum Gasteiger partial charge on any atom is 0.252 e. The number of halogens is 2. The predicted octanol–water partition coefficient (Wildman–Crippen LogP) is 4.11. The highest BCUT2D eigenvalue weighted by Crippen LogP contribution is 2.23. The van der Waals surface area contributed by atoms with Crippen molar-refractivity contribution in [3.63, 3.8) is 0 Å². The van der Waals surface area contributed by atoms with Gasteiger partial charge in [0.15, 0.2) is 0 Å². The fourth-order valence-electron chi connectivity index (χ4n) is 1.92. The van der Waals surface area contributed by atoms with Crippen LogP contribution in [-0.4, -0.2) is 16.8 Å². The summed E-state index contributed by atoms with van der Waals surface area (Å²) in [6.07, 6.45) is 0. The molecule has 0 saturated heterocycles. The molecular formula is C16H17ClFNO. The van der Waals surface area contributed by atoms with E-state index in [2.05, 4.69) is 5.32 Å². The zero-order chi connectivity index (χ0) is 14.9. The first-order valence-electron chi connectivity index (χ1n) is 6.47. The molecule has 2 aromatic rings. The summed E-state index contributed by atoms with van der Waals surface area (Å²) < 4.78 is 13.7. The minimum atomic E-state index is -0.547. The van der Waals surface area contributed by atoms with E-state index in [0.29, 0.717) is 16.3 Å². The maximum absolute atomic E-state index is 13.7. The Labute approximate surface area is 122 Å². The van der Waals surface area contributed by atoms with Crippen LogP contribution in [0, 0.1) is 5.82 Å². The molecule has 2 rings (SSSR count). The Balaban J connectivity index is 2.44. The zero-order valence-electron chi connectivity index (χ0n) is 11.7. The lowest BCUT2D eigenvalue weighted by atomic mass is 9.98. The summed E-state index contributed by atoms with van der Waals surface area (Å²) in [6, 6.07) is 9.75. The number of amides is 1. The van der Waals surface area contributed by atoms with Gasteiger partial charge in [0.05, 0.1) is 10.9 Å². The number of nitrogens with one attached hydrogen (secondary N) is 1. The van der Waals surface area contributed by atoms with E-state index in [0.717, 1.165) is 0 Å². The third-order valence-electron chi connectivity index (χ3n) is 3.55. The van der Waals surface area contributed by atoms with Gasteiger partial charge in [-0.1, -0.05) is 24.3 Å². The van der Waals surface area contributed by atoms with Crippen LogP contribution in [0.3, 0.4) is 0 Å². The molecule has 20 heavy (non-hydrogen) atoms. The van der Waals surface area contributed by atoms with Crippen molar-refractivity contribution in [1.29, 1.82) is 0 Å². The summed E-state index contributed by atoms with van der Waals surface area (Å²) in [5.41, 5.74) is -0.0962. The third-order valence-corrected chi connectivity index (χ3v) is 4.09. The number of benzene rings is 2. The van der Waals surface area contributed by atoms with Gasteiger partial charge in [-0.2, -0.15) is 0 Å². The van der Waals surface area contributed by atoms with Crippen molar-refractivity contribution in [1.82, 2.24) is 5.32 Å². The molecule has 0 bridgehead atoms. The molecule has 2 aromatic carbocycles. The molecule has 0 radical (unpaired) electrons. The number of hydrogen-bond donors (Lipinski definition) is 1. The number of rotatable bonds is 3. The Morgan fingerprint density at radius 3 is 2.40 bits per heavy atom. The third kappa shape index (κ3) is 2.78. The van der Waals surface area contributed by atoms with E-state index >= 15 is 0 Å². The molecule has 0 heterocycles. The predicted molar refractivity (Wildman–Crippen MR) is 80.8 cm³/mol. The lowest BCUT2D eigenvalue weighted by Gasteiger charge is -2.29. The van der Waals surface area contributed by atoms with Crippen LogP contribution < -0.4 is 5.32 Å². The molecule has 4 heteroatoms. The monoisotopic (exact) mass is 293 g/mol. The van der Waals surface area contributed by atoms with Gasteiger partial charge in [-0.25, -0.2) is 4.39 Å². The van der Waals surface area contributed by atoms with Crippen molar-refractivity contribution in [2.75, 3.05) is 0 Å². The highest BCUT2D eigenvalue weighted by atomic mass is 35.5. The summed E-state index contributed by atoms with van der Waals surface area (Å²) in [5.74, 6) is -0.583. The van der Waals surface area contributed by atoms with E-state index in [1.54, 1.807) is 24.3 Å². The molecule has 1 amide bonds. The fourth-order valence-corrected chi connectivity index (χ4v) is 1.97. The Kier molecular flexibility index (Phi) is 4.00. The Hall–Kier alpha value is -1.61. The summed E-state index contributed by atoms with van der Waals surface area (Å²) >= 11 is 6.07. The van der Waals surface area contributed by atoms with Gasteiger partial charge in [-0.3, -0.25) is 4.79 Å². The molecule has 0 spiro atoms. The van der Waals surface area contributed by atoms with Crippen LogP contribution in [0.2, 0.25) is 0 Å². The van der Waals surface area contributed by atoms with Gasteiger partial charge < -0.3 is 5.32 Å². The number of alkyl halides is 1. The average molecular weight is 294 g/mol. The molecule has 0 aliphatic heterocycles. The zero-order valence-corrected chi connectivity index (χ0v) is 12.5. The van der Waals surface area contributed by atoms with Gasteiger partial charge in [0.2, 0.25) is 0 Å². The van der Waals surface area contributed by atoms with E-state index in [4.69, 9.17) is 11.6 Å². The van der Waals surface area contributed by atoms with E-state index in [-0.39, 0.29) is 17.1 Å². The molecule has 1 unspecified atom stereocenters. The van der Waals surface area contributed by atoms with Crippen LogP contribution in [0.1, 0.15) is 31.1 Å². The molecule has 106 valence electrons. The number of carbonyl (C=O) groups is 1. The average Bonchev–Trinajstić information content (AvgIpc) is 2.38. The molecule has 0 aliphatic rings. The molecule has 1 N–H and O–H groups in total. The second kappa shape index (κ2) is 5.41. The van der Waals surface area contributed by atoms with Crippen LogP contribution >= 0.6 is 11.6 Å². The first-order valence-corrected chi connectivity index (χ1v) is 6.90. The molecule has 0 saturated carbocycles. The van der Waals surface area contributed by atoms with Crippen LogP contribution in [0.4, 0.5) is 4.39 Å². The molecule has 1 atom stereocenters. The molecule has 0 fully saturated rings. The lowest BCUT2D eigenvalue weighted by Crippen LogP contribution is -2.49. The fraction of sp³-hybridized carbons (Fsp3) is 0.312. The van der Waals surface area contributed by atoms with Crippen molar-refractivity contribution in [2.24, 2.45) is 0 Å². The summed E-state index contributed by atoms with van der Waals surface area (Å²) in [5, 5.41) is 3.71. The minimum absolute atomic E-state index is 0.224. The van der Waals surface area contributed by atoms with Crippen molar-refractivity contribution >= 4 is 28.3 Å². The summed E-state index contributed by atoms with van der Waals surface area (Å²) in [6.45, 7) is 5.53. The van der Waals surface area contributed by atoms with Gasteiger partial charge in [-0.15, -0.1) is 11.6 Å². The summed E-state index contributed by atoms with van der Waals surface area (Å²) in [4.78, 5) is 12.4. The molecule has 2 nitrogen and oxygen atoms in total. The Morgan fingerprint density at radius 2 is 1.80 bits per heavy atom. The lowest BCUT2D eigenvalue weighted by molar-refractivity contribution is 0.0914. The van der Waals surface area contributed by atoms with Crippen molar-refractivity contribution in [2.45, 2.75) is 31.7 Å². The minimum Gasteiger partial charge on any atom is -0.346 e. The number of fused-ring (bicyclic) bond motifs is 1. The van der Waals surface area contributed by atoms with Crippen LogP contribution in [0.15, 0.2) is 36.4 Å². The van der Waals surface area contributed by atoms with Gasteiger partial charge in [-0.05, 0) is 38.3 Å². The molecular weight excluding hydrogens is 277 g/mol. The first-order chi connectivity index (χ1) is 9.33. The van der Waals surface area contributed by atoms with Crippen molar-refractivity contribution in [3.8, 4) is 0 Å². The maximum atomic E-state index is 13.7. The topological polar surface area (TPSA) is 29.1 Å². The van der Waals surface area contributed by atoms with E-state index in [9.17, 15) is 9.18 Å². The van der Waals surface area contributed by atoms with E-state index in [1.165, 1.54) is 12.1 Å². The second-order valence-electron chi connectivity index (χ2n) is 5.43. The SMILES string of the molecule is CC(Cl)C(C)(C)NC(=O)c1ccc(F)c2ccccc12. The van der Waals surface area contributed by atoms with Gasteiger partial charge >= 0.3 is 0 Å². The highest BCUT2D eigenvalue weighted by molar-refractivity contribution is 6.21. The van der Waals surface area contributed by atoms with Crippen molar-refractivity contribution < 1.29 is 9.18 Å². The smallest absolute Gasteiger partial charge is 0.252 e. The van der Waals surface area contributed by atoms with Crippen LogP contribution in [-0.2, 0) is 0 Å². The second-order valence-corrected chi connectivity index (χ2v) is 6.09. The molecule has 0 aromatic heterocycles. The highest BCUT2D eigenvalue weighted by Gasteiger charge is 2.27. The van der Waals surface area contributed by atoms with Gasteiger partial charge in [0.1, 0.15) is 5.82 Å². The largest absolute Gasteiger partial charge is 0.346 e. The first kappa shape index (κ1) is 14.8. The van der Waals surface area contributed by atoms with E-state index < -0.39 is 5.54 Å². The van der Waals surface area contributed by atoms with Crippen LogP contribution in [0.25, 0.3) is 10.8 Å². The Morgan fingerprint density at radius 1 is 1.20 bits per heavy atom. The van der Waals surface area contributed by atoms with Crippen molar-refractivity contribution in [3.05, 3.63) is 47.8 Å². The van der Waals surface area contributed by atoms with Crippen LogP contribution in [0.5, 0.6) is 0 Å². The standard InChI is InChI=1S/C16H17ClFNO/c1-10(17)16(2,3)19-15(20)13-8-9-14(18)12-7-5-4-6-11(12)13/h4-10H,1-3H3,(H,19,20). The molecule has 0 aliphatic carbocycles. The number of hydrogen-bond acceptors (Lipinski definition) is 1. The van der Waals surface area contributed by atoms with Gasteiger partial charge in [0.25, 0.3) is 5.91 Å². The van der Waals surface area contributed by atoms with Gasteiger partial charge in [0, 0.05) is 10.9 Å². The summed E-state index contributed by atoms with van der Waals surface area (Å²) in [7, 11) is 0. The van der Waals surface area contributed by atoms with E-state index in [1.807, 2.05) is 20.8 Å². The quantitative estimate of drug-likeness (QED) is 0.848. The Bertz CT molecular complexity index is 652.